The Morgan fingerprint density at radius 1 is 1.07 bits per heavy atom. The zero-order valence-corrected chi connectivity index (χ0v) is 17.8. The SMILES string of the molecule is Cc1cc(OC(=O)N2CCN(C(=O)[C@@H](N)C(C)C)CC2)n(-c2ccccc2)n1.Cl. The van der Waals surface area contributed by atoms with Crippen molar-refractivity contribution in [3.63, 3.8) is 0 Å². The van der Waals surface area contributed by atoms with E-state index in [0.29, 0.717) is 32.1 Å². The van der Waals surface area contributed by atoms with Gasteiger partial charge in [-0.15, -0.1) is 12.4 Å². The molecule has 1 atom stereocenters. The summed E-state index contributed by atoms with van der Waals surface area (Å²) < 4.78 is 7.21. The molecule has 3 rings (SSSR count). The molecular formula is C20H28ClN5O3. The van der Waals surface area contributed by atoms with Crippen LogP contribution in [0, 0.1) is 12.8 Å². The molecule has 2 N–H and O–H groups in total. The average molecular weight is 422 g/mol. The van der Waals surface area contributed by atoms with E-state index in [1.54, 1.807) is 20.5 Å². The summed E-state index contributed by atoms with van der Waals surface area (Å²) in [6, 6.07) is 10.7. The van der Waals surface area contributed by atoms with Crippen molar-refractivity contribution in [1.29, 1.82) is 0 Å². The molecule has 0 bridgehead atoms. The molecule has 2 amide bonds. The number of carbonyl (C=O) groups is 2. The molecule has 1 aliphatic heterocycles. The molecule has 1 fully saturated rings. The van der Waals surface area contributed by atoms with Gasteiger partial charge in [0, 0.05) is 32.2 Å². The predicted octanol–water partition coefficient (Wildman–Crippen LogP) is 2.23. The van der Waals surface area contributed by atoms with Crippen molar-refractivity contribution in [1.82, 2.24) is 19.6 Å². The lowest BCUT2D eigenvalue weighted by Gasteiger charge is -2.35. The number of rotatable bonds is 4. The molecular weight excluding hydrogens is 394 g/mol. The maximum Gasteiger partial charge on any atom is 0.416 e. The van der Waals surface area contributed by atoms with Crippen LogP contribution in [0.1, 0.15) is 19.5 Å². The van der Waals surface area contributed by atoms with Crippen LogP contribution in [-0.2, 0) is 4.79 Å². The topological polar surface area (TPSA) is 93.7 Å². The number of benzene rings is 1. The Hall–Kier alpha value is -2.58. The summed E-state index contributed by atoms with van der Waals surface area (Å²) in [7, 11) is 0. The molecule has 2 heterocycles. The van der Waals surface area contributed by atoms with Crippen molar-refractivity contribution < 1.29 is 14.3 Å². The van der Waals surface area contributed by atoms with Crippen LogP contribution in [0.3, 0.4) is 0 Å². The highest BCUT2D eigenvalue weighted by molar-refractivity contribution is 5.85. The fourth-order valence-electron chi connectivity index (χ4n) is 3.06. The monoisotopic (exact) mass is 421 g/mol. The zero-order chi connectivity index (χ0) is 20.3. The Morgan fingerprint density at radius 3 is 2.24 bits per heavy atom. The number of hydrogen-bond acceptors (Lipinski definition) is 5. The normalized spacial score (nSPS) is 15.1. The van der Waals surface area contributed by atoms with Gasteiger partial charge in [-0.25, -0.2) is 9.48 Å². The number of para-hydroxylation sites is 1. The molecule has 0 aliphatic carbocycles. The van der Waals surface area contributed by atoms with Crippen LogP contribution in [0.15, 0.2) is 36.4 Å². The molecule has 0 spiro atoms. The van der Waals surface area contributed by atoms with E-state index >= 15 is 0 Å². The summed E-state index contributed by atoms with van der Waals surface area (Å²) >= 11 is 0. The Morgan fingerprint density at radius 2 is 1.66 bits per heavy atom. The number of nitrogens with two attached hydrogens (primary N) is 1. The molecule has 0 saturated carbocycles. The smallest absolute Gasteiger partial charge is 0.391 e. The zero-order valence-electron chi connectivity index (χ0n) is 16.9. The van der Waals surface area contributed by atoms with Crippen LogP contribution in [0.25, 0.3) is 5.69 Å². The number of piperazine rings is 1. The van der Waals surface area contributed by atoms with Gasteiger partial charge in [-0.2, -0.15) is 5.10 Å². The summed E-state index contributed by atoms with van der Waals surface area (Å²) in [4.78, 5) is 28.3. The highest BCUT2D eigenvalue weighted by atomic mass is 35.5. The van der Waals surface area contributed by atoms with E-state index in [0.717, 1.165) is 11.4 Å². The highest BCUT2D eigenvalue weighted by Gasteiger charge is 2.29. The van der Waals surface area contributed by atoms with Crippen LogP contribution in [0.4, 0.5) is 4.79 Å². The molecule has 1 aromatic carbocycles. The van der Waals surface area contributed by atoms with Crippen molar-refractivity contribution in [3.05, 3.63) is 42.1 Å². The molecule has 0 unspecified atom stereocenters. The summed E-state index contributed by atoms with van der Waals surface area (Å²) in [5.41, 5.74) is 7.53. The van der Waals surface area contributed by atoms with Gasteiger partial charge in [0.2, 0.25) is 11.8 Å². The molecule has 1 saturated heterocycles. The molecule has 8 nitrogen and oxygen atoms in total. The van der Waals surface area contributed by atoms with E-state index in [2.05, 4.69) is 5.10 Å². The minimum absolute atomic E-state index is 0. The first-order valence-corrected chi connectivity index (χ1v) is 9.50. The lowest BCUT2D eigenvalue weighted by atomic mass is 10.0. The maximum absolute atomic E-state index is 12.6. The number of aromatic nitrogens is 2. The first-order chi connectivity index (χ1) is 13.4. The third-order valence-corrected chi connectivity index (χ3v) is 4.84. The molecule has 158 valence electrons. The number of ether oxygens (including phenoxy) is 1. The van der Waals surface area contributed by atoms with Gasteiger partial charge in [-0.05, 0) is 25.0 Å². The van der Waals surface area contributed by atoms with Crippen LogP contribution < -0.4 is 10.5 Å². The summed E-state index contributed by atoms with van der Waals surface area (Å²) in [5, 5.41) is 4.40. The Bertz CT molecular complexity index is 832. The van der Waals surface area contributed by atoms with Crippen LogP contribution in [0.2, 0.25) is 0 Å². The van der Waals surface area contributed by atoms with Crippen LogP contribution in [-0.4, -0.2) is 63.8 Å². The van der Waals surface area contributed by atoms with E-state index in [4.69, 9.17) is 10.5 Å². The first-order valence-electron chi connectivity index (χ1n) is 9.50. The highest BCUT2D eigenvalue weighted by Crippen LogP contribution is 2.20. The molecule has 1 aliphatic rings. The average Bonchev–Trinajstić information content (AvgIpc) is 3.07. The second-order valence-electron chi connectivity index (χ2n) is 7.32. The van der Waals surface area contributed by atoms with E-state index in [1.807, 2.05) is 51.1 Å². The number of aryl methyl sites for hydroxylation is 1. The van der Waals surface area contributed by atoms with Gasteiger partial charge < -0.3 is 20.3 Å². The van der Waals surface area contributed by atoms with Gasteiger partial charge in [0.05, 0.1) is 17.4 Å². The lowest BCUT2D eigenvalue weighted by molar-refractivity contribution is -0.135. The van der Waals surface area contributed by atoms with Crippen LogP contribution >= 0.6 is 12.4 Å². The van der Waals surface area contributed by atoms with Gasteiger partial charge >= 0.3 is 6.09 Å². The number of carbonyl (C=O) groups excluding carboxylic acids is 2. The van der Waals surface area contributed by atoms with Crippen molar-refractivity contribution in [3.8, 4) is 11.6 Å². The fourth-order valence-corrected chi connectivity index (χ4v) is 3.06. The number of nitrogens with zero attached hydrogens (tertiary/aromatic N) is 4. The van der Waals surface area contributed by atoms with Crippen molar-refractivity contribution >= 4 is 24.4 Å². The Balaban J connectivity index is 0.00000300. The minimum atomic E-state index is -0.512. The summed E-state index contributed by atoms with van der Waals surface area (Å²) in [5.74, 6) is 0.381. The largest absolute Gasteiger partial charge is 0.416 e. The van der Waals surface area contributed by atoms with E-state index in [-0.39, 0.29) is 24.2 Å². The Labute approximate surface area is 177 Å². The number of halogens is 1. The molecule has 0 radical (unpaired) electrons. The summed E-state index contributed by atoms with van der Waals surface area (Å²) in [6.45, 7) is 7.42. The Kier molecular flexibility index (Phi) is 7.64. The fraction of sp³-hybridized carbons (Fsp3) is 0.450. The first kappa shape index (κ1) is 22.7. The lowest BCUT2D eigenvalue weighted by Crippen LogP contribution is -2.55. The van der Waals surface area contributed by atoms with Gasteiger partial charge in [0.15, 0.2) is 0 Å². The van der Waals surface area contributed by atoms with Crippen molar-refractivity contribution in [2.24, 2.45) is 11.7 Å². The standard InChI is InChI=1S/C20H27N5O3.ClH/c1-14(2)18(21)19(26)23-9-11-24(12-10-23)20(27)28-17-13-15(3)22-25(17)16-7-5-4-6-8-16;/h4-8,13-14,18H,9-12,21H2,1-3H3;1H/t18-;/m0./s1. The van der Waals surface area contributed by atoms with Gasteiger partial charge in [-0.1, -0.05) is 32.0 Å². The van der Waals surface area contributed by atoms with Gasteiger partial charge in [0.25, 0.3) is 0 Å². The van der Waals surface area contributed by atoms with E-state index < -0.39 is 12.1 Å². The number of amides is 2. The minimum Gasteiger partial charge on any atom is -0.391 e. The van der Waals surface area contributed by atoms with Gasteiger partial charge in [0.1, 0.15) is 0 Å². The quantitative estimate of drug-likeness (QED) is 0.816. The third-order valence-electron chi connectivity index (χ3n) is 4.84. The predicted molar refractivity (Wildman–Crippen MR) is 113 cm³/mol. The number of hydrogen-bond donors (Lipinski definition) is 1. The van der Waals surface area contributed by atoms with Crippen molar-refractivity contribution in [2.75, 3.05) is 26.2 Å². The van der Waals surface area contributed by atoms with E-state index in [1.165, 1.54) is 0 Å². The maximum atomic E-state index is 12.6. The molecule has 1 aromatic heterocycles. The van der Waals surface area contributed by atoms with Crippen LogP contribution in [0.5, 0.6) is 5.88 Å². The second-order valence-corrected chi connectivity index (χ2v) is 7.32. The van der Waals surface area contributed by atoms with Gasteiger partial charge in [-0.3, -0.25) is 4.79 Å². The molecule has 9 heteroatoms. The van der Waals surface area contributed by atoms with Crippen molar-refractivity contribution in [2.45, 2.75) is 26.8 Å². The van der Waals surface area contributed by atoms with E-state index in [9.17, 15) is 9.59 Å². The molecule has 2 aromatic rings. The second kappa shape index (κ2) is 9.76. The third kappa shape index (κ3) is 5.27. The summed E-state index contributed by atoms with van der Waals surface area (Å²) in [6.07, 6.45) is -0.447. The molecule has 29 heavy (non-hydrogen) atoms.